The summed E-state index contributed by atoms with van der Waals surface area (Å²) in [6.07, 6.45) is -4.87. The van der Waals surface area contributed by atoms with Gasteiger partial charge in [0.15, 0.2) is 0 Å². The van der Waals surface area contributed by atoms with Crippen molar-refractivity contribution >= 4 is 0 Å². The number of nitrogens with one attached hydrogen (secondary N) is 1. The Labute approximate surface area is 87.9 Å². The van der Waals surface area contributed by atoms with E-state index in [1.807, 2.05) is 0 Å². The third kappa shape index (κ3) is 9.96. The Bertz CT molecular complexity index is 153. The third-order valence-corrected chi connectivity index (χ3v) is 1.84. The van der Waals surface area contributed by atoms with Crippen molar-refractivity contribution in [1.29, 1.82) is 0 Å². The molecule has 0 bridgehead atoms. The van der Waals surface area contributed by atoms with Gasteiger partial charge >= 0.3 is 6.18 Å². The van der Waals surface area contributed by atoms with Gasteiger partial charge in [0.25, 0.3) is 0 Å². The van der Waals surface area contributed by atoms with Crippen LogP contribution in [-0.2, 0) is 9.47 Å². The second-order valence-electron chi connectivity index (χ2n) is 3.23. The third-order valence-electron chi connectivity index (χ3n) is 1.84. The standard InChI is InChI=1S/C9H18F3NO2/c1-13-8(6-14-2)7-15-5-3-4-9(10,11)12/h8,13H,3-7H2,1-2H3. The van der Waals surface area contributed by atoms with Gasteiger partial charge in [-0.2, -0.15) is 13.2 Å². The Kier molecular flexibility index (Phi) is 7.72. The van der Waals surface area contributed by atoms with E-state index >= 15 is 0 Å². The lowest BCUT2D eigenvalue weighted by atomic mass is 10.3. The molecule has 15 heavy (non-hydrogen) atoms. The number of rotatable bonds is 8. The van der Waals surface area contributed by atoms with E-state index in [9.17, 15) is 13.2 Å². The molecule has 1 N–H and O–H groups in total. The predicted molar refractivity (Wildman–Crippen MR) is 50.8 cm³/mol. The molecule has 0 saturated heterocycles. The monoisotopic (exact) mass is 229 g/mol. The fourth-order valence-corrected chi connectivity index (χ4v) is 1.02. The maximum atomic E-state index is 11.7. The fourth-order valence-electron chi connectivity index (χ4n) is 1.02. The van der Waals surface area contributed by atoms with Crippen LogP contribution in [0.25, 0.3) is 0 Å². The molecular formula is C9H18F3NO2. The van der Waals surface area contributed by atoms with Gasteiger partial charge in [0.05, 0.1) is 19.3 Å². The highest BCUT2D eigenvalue weighted by atomic mass is 19.4. The summed E-state index contributed by atoms with van der Waals surface area (Å²) in [4.78, 5) is 0. The van der Waals surface area contributed by atoms with E-state index in [0.717, 1.165) is 0 Å². The summed E-state index contributed by atoms with van der Waals surface area (Å²) in [5.41, 5.74) is 0. The van der Waals surface area contributed by atoms with Gasteiger partial charge in [-0.1, -0.05) is 0 Å². The Morgan fingerprint density at radius 2 is 1.93 bits per heavy atom. The van der Waals surface area contributed by atoms with E-state index in [0.29, 0.717) is 13.2 Å². The highest BCUT2D eigenvalue weighted by molar-refractivity contribution is 4.61. The van der Waals surface area contributed by atoms with Crippen molar-refractivity contribution in [3.63, 3.8) is 0 Å². The first kappa shape index (κ1) is 14.7. The average molecular weight is 229 g/mol. The van der Waals surface area contributed by atoms with E-state index in [-0.39, 0.29) is 19.1 Å². The molecule has 0 rings (SSSR count). The molecule has 0 aromatic heterocycles. The number of ether oxygens (including phenoxy) is 2. The first-order valence-electron chi connectivity index (χ1n) is 4.80. The molecule has 92 valence electrons. The summed E-state index contributed by atoms with van der Waals surface area (Å²) in [5, 5.41) is 2.94. The minimum Gasteiger partial charge on any atom is -0.383 e. The summed E-state index contributed by atoms with van der Waals surface area (Å²) in [5.74, 6) is 0. The molecule has 0 aliphatic rings. The highest BCUT2D eigenvalue weighted by Gasteiger charge is 2.25. The molecule has 0 aliphatic heterocycles. The van der Waals surface area contributed by atoms with E-state index in [1.165, 1.54) is 0 Å². The molecule has 0 saturated carbocycles. The molecular weight excluding hydrogens is 211 g/mol. The maximum Gasteiger partial charge on any atom is 0.389 e. The predicted octanol–water partition coefficient (Wildman–Crippen LogP) is 1.58. The smallest absolute Gasteiger partial charge is 0.383 e. The second kappa shape index (κ2) is 7.90. The molecule has 1 unspecified atom stereocenters. The lowest BCUT2D eigenvalue weighted by Gasteiger charge is -2.15. The lowest BCUT2D eigenvalue weighted by molar-refractivity contribution is -0.138. The minimum absolute atomic E-state index is 0.00686. The van der Waals surface area contributed by atoms with Crippen molar-refractivity contribution in [2.75, 3.05) is 34.0 Å². The number of likely N-dealkylation sites (N-methyl/N-ethyl adjacent to an activating group) is 1. The van der Waals surface area contributed by atoms with Gasteiger partial charge in [-0.15, -0.1) is 0 Å². The van der Waals surface area contributed by atoms with Crippen LogP contribution in [0.1, 0.15) is 12.8 Å². The summed E-state index contributed by atoms with van der Waals surface area (Å²) in [6.45, 7) is 0.972. The Morgan fingerprint density at radius 1 is 1.27 bits per heavy atom. The van der Waals surface area contributed by atoms with Crippen molar-refractivity contribution in [2.45, 2.75) is 25.1 Å². The topological polar surface area (TPSA) is 30.5 Å². The Hall–Kier alpha value is -0.330. The van der Waals surface area contributed by atoms with Crippen LogP contribution < -0.4 is 5.32 Å². The Balaban J connectivity index is 3.36. The summed E-state index contributed by atoms with van der Waals surface area (Å²) >= 11 is 0. The van der Waals surface area contributed by atoms with Crippen LogP contribution in [0.4, 0.5) is 13.2 Å². The average Bonchev–Trinajstić information content (AvgIpc) is 2.14. The molecule has 0 aliphatic carbocycles. The second-order valence-corrected chi connectivity index (χ2v) is 3.23. The molecule has 0 radical (unpaired) electrons. The first-order chi connectivity index (χ1) is 6.99. The van der Waals surface area contributed by atoms with Crippen molar-refractivity contribution < 1.29 is 22.6 Å². The van der Waals surface area contributed by atoms with Gasteiger partial charge in [0.1, 0.15) is 0 Å². The van der Waals surface area contributed by atoms with Crippen molar-refractivity contribution in [3.05, 3.63) is 0 Å². The van der Waals surface area contributed by atoms with Crippen LogP contribution in [0.5, 0.6) is 0 Å². The highest BCUT2D eigenvalue weighted by Crippen LogP contribution is 2.20. The van der Waals surface area contributed by atoms with Crippen LogP contribution in [-0.4, -0.2) is 46.2 Å². The number of alkyl halides is 3. The zero-order chi connectivity index (χ0) is 11.7. The lowest BCUT2D eigenvalue weighted by Crippen LogP contribution is -2.34. The number of halogens is 3. The number of methoxy groups -OCH3 is 1. The summed E-state index contributed by atoms with van der Waals surface area (Å²) in [7, 11) is 3.32. The van der Waals surface area contributed by atoms with E-state index in [1.54, 1.807) is 14.2 Å². The molecule has 0 heterocycles. The molecule has 0 amide bonds. The van der Waals surface area contributed by atoms with Crippen LogP contribution in [0.15, 0.2) is 0 Å². The molecule has 1 atom stereocenters. The zero-order valence-electron chi connectivity index (χ0n) is 9.06. The molecule has 3 nitrogen and oxygen atoms in total. The zero-order valence-corrected chi connectivity index (χ0v) is 9.06. The van der Waals surface area contributed by atoms with Crippen LogP contribution in [0.3, 0.4) is 0 Å². The molecule has 0 aromatic carbocycles. The fraction of sp³-hybridized carbons (Fsp3) is 1.00. The van der Waals surface area contributed by atoms with Gasteiger partial charge in [-0.25, -0.2) is 0 Å². The van der Waals surface area contributed by atoms with E-state index in [4.69, 9.17) is 9.47 Å². The van der Waals surface area contributed by atoms with Gasteiger partial charge in [0, 0.05) is 20.1 Å². The first-order valence-corrected chi connectivity index (χ1v) is 4.80. The Morgan fingerprint density at radius 3 is 2.40 bits per heavy atom. The van der Waals surface area contributed by atoms with Crippen LogP contribution in [0, 0.1) is 0 Å². The minimum atomic E-state index is -4.09. The molecule has 0 fully saturated rings. The van der Waals surface area contributed by atoms with Gasteiger partial charge in [-0.05, 0) is 13.5 Å². The number of hydrogen-bond acceptors (Lipinski definition) is 3. The van der Waals surface area contributed by atoms with Gasteiger partial charge in [0.2, 0.25) is 0 Å². The largest absolute Gasteiger partial charge is 0.389 e. The van der Waals surface area contributed by atoms with Crippen LogP contribution in [0.2, 0.25) is 0 Å². The maximum absolute atomic E-state index is 11.7. The van der Waals surface area contributed by atoms with Gasteiger partial charge < -0.3 is 14.8 Å². The molecule has 0 aromatic rings. The number of hydrogen-bond donors (Lipinski definition) is 1. The molecule has 0 spiro atoms. The van der Waals surface area contributed by atoms with Crippen molar-refractivity contribution in [1.82, 2.24) is 5.32 Å². The van der Waals surface area contributed by atoms with Crippen LogP contribution >= 0.6 is 0 Å². The van der Waals surface area contributed by atoms with Crippen molar-refractivity contribution in [2.24, 2.45) is 0 Å². The molecule has 6 heteroatoms. The van der Waals surface area contributed by atoms with E-state index in [2.05, 4.69) is 5.32 Å². The summed E-state index contributed by atoms with van der Waals surface area (Å²) < 4.78 is 45.2. The van der Waals surface area contributed by atoms with Crippen molar-refractivity contribution in [3.8, 4) is 0 Å². The quantitative estimate of drug-likeness (QED) is 0.641. The van der Waals surface area contributed by atoms with Gasteiger partial charge in [-0.3, -0.25) is 0 Å². The SMILES string of the molecule is CNC(COC)COCCCC(F)(F)F. The summed E-state index contributed by atoms with van der Waals surface area (Å²) in [6, 6.07) is 0.0286. The normalized spacial score (nSPS) is 14.2. The van der Waals surface area contributed by atoms with E-state index < -0.39 is 12.6 Å².